The first-order valence-corrected chi connectivity index (χ1v) is 7.20. The number of carbonyl (C=O) groups is 2. The average molecular weight is 315 g/mol. The van der Waals surface area contributed by atoms with Gasteiger partial charge in [0.25, 0.3) is 0 Å². The van der Waals surface area contributed by atoms with Gasteiger partial charge in [-0.2, -0.15) is 0 Å². The Kier molecular flexibility index (Phi) is 6.80. The fraction of sp³-hybridized carbons (Fsp3) is 0.222. The van der Waals surface area contributed by atoms with Gasteiger partial charge in [0.1, 0.15) is 0 Å². The molecular formula is C18H21NO4. The van der Waals surface area contributed by atoms with Gasteiger partial charge in [-0.05, 0) is 50.6 Å². The van der Waals surface area contributed by atoms with E-state index in [0.717, 1.165) is 0 Å². The van der Waals surface area contributed by atoms with Gasteiger partial charge in [0, 0.05) is 11.7 Å². The summed E-state index contributed by atoms with van der Waals surface area (Å²) in [6.07, 6.45) is 0. The Morgan fingerprint density at radius 2 is 1.35 bits per heavy atom. The fourth-order valence-electron chi connectivity index (χ4n) is 1.97. The van der Waals surface area contributed by atoms with Crippen molar-refractivity contribution >= 4 is 17.6 Å². The normalized spacial score (nSPS) is 9.74. The maximum atomic E-state index is 10.6. The van der Waals surface area contributed by atoms with Crippen LogP contribution in [0.25, 0.3) is 0 Å². The van der Waals surface area contributed by atoms with Crippen molar-refractivity contribution in [1.82, 2.24) is 0 Å². The first kappa shape index (κ1) is 18.2. The standard InChI is InChI=1S/C9H13N.C9H8O4/c1-8(2)10-9-6-4-3-5-7-9;1-5-6(8(10)11)3-2-4-7(5)9(12)13/h3-8,10H,1-2H3;2-4H,1H3,(H,10,11)(H,12,13). The summed E-state index contributed by atoms with van der Waals surface area (Å²) in [4.78, 5) is 21.2. The van der Waals surface area contributed by atoms with E-state index in [9.17, 15) is 9.59 Å². The van der Waals surface area contributed by atoms with Gasteiger partial charge in [0.05, 0.1) is 11.1 Å². The summed E-state index contributed by atoms with van der Waals surface area (Å²) in [6.45, 7) is 5.74. The smallest absolute Gasteiger partial charge is 0.335 e. The van der Waals surface area contributed by atoms with Crippen LogP contribution in [0.3, 0.4) is 0 Å². The summed E-state index contributed by atoms with van der Waals surface area (Å²) in [5, 5.41) is 20.7. The highest BCUT2D eigenvalue weighted by Crippen LogP contribution is 2.13. The van der Waals surface area contributed by atoms with Gasteiger partial charge < -0.3 is 15.5 Å². The molecule has 0 atom stereocenters. The summed E-state index contributed by atoms with van der Waals surface area (Å²) < 4.78 is 0. The molecule has 23 heavy (non-hydrogen) atoms. The van der Waals surface area contributed by atoms with E-state index in [1.165, 1.54) is 30.8 Å². The minimum atomic E-state index is -1.11. The third-order valence-electron chi connectivity index (χ3n) is 3.02. The van der Waals surface area contributed by atoms with Crippen molar-refractivity contribution in [1.29, 1.82) is 0 Å². The van der Waals surface area contributed by atoms with Gasteiger partial charge in [-0.3, -0.25) is 0 Å². The van der Waals surface area contributed by atoms with Gasteiger partial charge in [0.2, 0.25) is 0 Å². The SMILES string of the molecule is CC(C)Nc1ccccc1.Cc1c(C(=O)O)cccc1C(=O)O. The summed E-state index contributed by atoms with van der Waals surface area (Å²) in [5.74, 6) is -2.22. The van der Waals surface area contributed by atoms with Crippen LogP contribution in [0, 0.1) is 6.92 Å². The van der Waals surface area contributed by atoms with Crippen LogP contribution in [-0.2, 0) is 0 Å². The molecule has 0 aliphatic heterocycles. The molecule has 0 fully saturated rings. The van der Waals surface area contributed by atoms with Gasteiger partial charge in [-0.15, -0.1) is 0 Å². The number of rotatable bonds is 4. The molecule has 0 spiro atoms. The van der Waals surface area contributed by atoms with Crippen molar-refractivity contribution < 1.29 is 19.8 Å². The van der Waals surface area contributed by atoms with Crippen LogP contribution < -0.4 is 5.32 Å². The Bertz CT molecular complexity index is 634. The van der Waals surface area contributed by atoms with Crippen LogP contribution in [0.15, 0.2) is 48.5 Å². The highest BCUT2D eigenvalue weighted by molar-refractivity contribution is 5.96. The van der Waals surface area contributed by atoms with Crippen molar-refractivity contribution in [3.63, 3.8) is 0 Å². The molecule has 0 saturated carbocycles. The molecule has 2 aromatic carbocycles. The van der Waals surface area contributed by atoms with Gasteiger partial charge in [-0.1, -0.05) is 24.3 Å². The van der Waals surface area contributed by atoms with E-state index < -0.39 is 11.9 Å². The zero-order valence-electron chi connectivity index (χ0n) is 13.4. The van der Waals surface area contributed by atoms with Gasteiger partial charge >= 0.3 is 11.9 Å². The zero-order valence-corrected chi connectivity index (χ0v) is 13.4. The van der Waals surface area contributed by atoms with E-state index >= 15 is 0 Å². The number of hydrogen-bond acceptors (Lipinski definition) is 3. The largest absolute Gasteiger partial charge is 0.478 e. The number of carboxylic acids is 2. The lowest BCUT2D eigenvalue weighted by atomic mass is 10.0. The molecule has 0 heterocycles. The Hall–Kier alpha value is -2.82. The van der Waals surface area contributed by atoms with E-state index in [2.05, 4.69) is 31.3 Å². The van der Waals surface area contributed by atoms with Crippen LogP contribution in [0.5, 0.6) is 0 Å². The molecule has 0 unspecified atom stereocenters. The molecule has 0 saturated heterocycles. The predicted molar refractivity (Wildman–Crippen MR) is 90.3 cm³/mol. The molecule has 0 aromatic heterocycles. The number of carboxylic acid groups (broad SMARTS) is 2. The molecule has 5 nitrogen and oxygen atoms in total. The first-order valence-electron chi connectivity index (χ1n) is 7.20. The summed E-state index contributed by atoms with van der Waals surface area (Å²) >= 11 is 0. The minimum Gasteiger partial charge on any atom is -0.478 e. The zero-order chi connectivity index (χ0) is 17.4. The van der Waals surface area contributed by atoms with Crippen molar-refractivity contribution in [2.24, 2.45) is 0 Å². The average Bonchev–Trinajstić information content (AvgIpc) is 2.48. The number of para-hydroxylation sites is 1. The van der Waals surface area contributed by atoms with E-state index in [4.69, 9.17) is 10.2 Å². The summed E-state index contributed by atoms with van der Waals surface area (Å²) in [7, 11) is 0. The molecule has 3 N–H and O–H groups in total. The van der Waals surface area contributed by atoms with Crippen molar-refractivity contribution in [3.8, 4) is 0 Å². The minimum absolute atomic E-state index is 0.0277. The number of anilines is 1. The summed E-state index contributed by atoms with van der Waals surface area (Å²) in [5.41, 5.74) is 1.53. The van der Waals surface area contributed by atoms with Crippen molar-refractivity contribution in [2.75, 3.05) is 5.32 Å². The maximum Gasteiger partial charge on any atom is 0.335 e. The Balaban J connectivity index is 0.000000238. The van der Waals surface area contributed by atoms with Crippen LogP contribution in [-0.4, -0.2) is 28.2 Å². The molecule has 0 radical (unpaired) electrons. The Morgan fingerprint density at radius 1 is 0.870 bits per heavy atom. The molecule has 2 aromatic rings. The number of aromatic carboxylic acids is 2. The second-order valence-corrected chi connectivity index (χ2v) is 5.25. The third-order valence-corrected chi connectivity index (χ3v) is 3.02. The van der Waals surface area contributed by atoms with Gasteiger partial charge in [0.15, 0.2) is 0 Å². The number of nitrogens with one attached hydrogen (secondary N) is 1. The molecule has 0 amide bonds. The fourth-order valence-corrected chi connectivity index (χ4v) is 1.97. The maximum absolute atomic E-state index is 10.6. The van der Waals surface area contributed by atoms with E-state index in [0.29, 0.717) is 6.04 Å². The topological polar surface area (TPSA) is 86.6 Å². The lowest BCUT2D eigenvalue weighted by Crippen LogP contribution is -2.08. The number of benzene rings is 2. The highest BCUT2D eigenvalue weighted by Gasteiger charge is 2.13. The molecule has 0 aliphatic carbocycles. The Morgan fingerprint density at radius 3 is 1.74 bits per heavy atom. The second-order valence-electron chi connectivity index (χ2n) is 5.25. The van der Waals surface area contributed by atoms with Crippen LogP contribution in [0.2, 0.25) is 0 Å². The van der Waals surface area contributed by atoms with Crippen molar-refractivity contribution in [3.05, 3.63) is 65.2 Å². The van der Waals surface area contributed by atoms with E-state index in [1.54, 1.807) is 0 Å². The molecular weight excluding hydrogens is 294 g/mol. The molecule has 122 valence electrons. The molecule has 5 heteroatoms. The second kappa shape index (κ2) is 8.58. The van der Waals surface area contributed by atoms with E-state index in [-0.39, 0.29) is 16.7 Å². The highest BCUT2D eigenvalue weighted by atomic mass is 16.4. The number of hydrogen-bond donors (Lipinski definition) is 3. The predicted octanol–water partition coefficient (Wildman–Crippen LogP) is 3.90. The van der Waals surface area contributed by atoms with E-state index in [1.807, 2.05) is 18.2 Å². The lowest BCUT2D eigenvalue weighted by Gasteiger charge is -2.08. The van der Waals surface area contributed by atoms with Crippen molar-refractivity contribution in [2.45, 2.75) is 26.8 Å². The van der Waals surface area contributed by atoms with Crippen LogP contribution in [0.1, 0.15) is 40.1 Å². The van der Waals surface area contributed by atoms with Crippen LogP contribution >= 0.6 is 0 Å². The molecule has 2 rings (SSSR count). The van der Waals surface area contributed by atoms with Gasteiger partial charge in [-0.25, -0.2) is 9.59 Å². The first-order chi connectivity index (χ1) is 10.8. The summed E-state index contributed by atoms with van der Waals surface area (Å²) in [6, 6.07) is 14.9. The Labute approximate surface area is 135 Å². The quantitative estimate of drug-likeness (QED) is 0.796. The van der Waals surface area contributed by atoms with Crippen LogP contribution in [0.4, 0.5) is 5.69 Å². The molecule has 0 aliphatic rings. The lowest BCUT2D eigenvalue weighted by molar-refractivity contribution is 0.0696. The molecule has 0 bridgehead atoms. The third kappa shape index (κ3) is 5.82. The monoisotopic (exact) mass is 315 g/mol.